The van der Waals surface area contributed by atoms with Crippen molar-refractivity contribution in [2.24, 2.45) is 0 Å². The second kappa shape index (κ2) is 5.53. The lowest BCUT2D eigenvalue weighted by molar-refractivity contribution is 0.273. The summed E-state index contributed by atoms with van der Waals surface area (Å²) in [5.74, 6) is 0.849. The molecule has 0 heterocycles. The molecule has 0 amide bonds. The molecule has 0 radical (unpaired) electrons. The Morgan fingerprint density at radius 2 is 2.00 bits per heavy atom. The van der Waals surface area contributed by atoms with Gasteiger partial charge in [0, 0.05) is 6.42 Å². The zero-order valence-electron chi connectivity index (χ0n) is 10.1. The maximum Gasteiger partial charge on any atom is 0.119 e. The molecule has 0 aliphatic heterocycles. The fourth-order valence-electron chi connectivity index (χ4n) is 1.24. The van der Waals surface area contributed by atoms with Gasteiger partial charge in [-0.05, 0) is 33.0 Å². The van der Waals surface area contributed by atoms with Gasteiger partial charge in [-0.3, -0.25) is 0 Å². The van der Waals surface area contributed by atoms with E-state index in [-0.39, 0.29) is 0 Å². The molecule has 0 aliphatic rings. The molecular weight excluding hydrogens is 200 g/mol. The molecule has 0 saturated heterocycles. The van der Waals surface area contributed by atoms with Crippen molar-refractivity contribution in [3.8, 4) is 11.8 Å². The first kappa shape index (κ1) is 12.5. The van der Waals surface area contributed by atoms with Gasteiger partial charge in [0.1, 0.15) is 11.3 Å². The van der Waals surface area contributed by atoms with Crippen LogP contribution in [0.5, 0.6) is 5.75 Å². The summed E-state index contributed by atoms with van der Waals surface area (Å²) in [7, 11) is 1.79. The molecule has 0 aliphatic carbocycles. The van der Waals surface area contributed by atoms with Gasteiger partial charge in [0.15, 0.2) is 0 Å². The average Bonchev–Trinajstić information content (AvgIpc) is 2.31. The molecule has 0 spiro atoms. The third-order valence-corrected chi connectivity index (χ3v) is 2.69. The van der Waals surface area contributed by atoms with Gasteiger partial charge in [-0.2, -0.15) is 5.26 Å². The molecule has 1 rings (SSSR count). The number of rotatable bonds is 5. The number of ether oxygens (including phenoxy) is 1. The molecule has 1 N–H and O–H groups in total. The zero-order chi connectivity index (χ0) is 12.0. The molecular formula is C13H18N2O. The van der Waals surface area contributed by atoms with Crippen LogP contribution in [0.2, 0.25) is 0 Å². The van der Waals surface area contributed by atoms with E-state index in [1.165, 1.54) is 5.56 Å². The molecule has 0 saturated carbocycles. The smallest absolute Gasteiger partial charge is 0.119 e. The highest BCUT2D eigenvalue weighted by Gasteiger charge is 2.20. The summed E-state index contributed by atoms with van der Waals surface area (Å²) < 4.78 is 5.57. The molecule has 0 fully saturated rings. The summed E-state index contributed by atoms with van der Waals surface area (Å²) in [5.41, 5.74) is 0.703. The average molecular weight is 218 g/mol. The zero-order valence-corrected chi connectivity index (χ0v) is 10.1. The van der Waals surface area contributed by atoms with Gasteiger partial charge in [-0.15, -0.1) is 0 Å². The number of hydrogen-bond acceptors (Lipinski definition) is 3. The maximum absolute atomic E-state index is 8.95. The normalized spacial score (nSPS) is 13.9. The second-order valence-electron chi connectivity index (χ2n) is 4.11. The van der Waals surface area contributed by atoms with Crippen LogP contribution >= 0.6 is 0 Å². The van der Waals surface area contributed by atoms with Gasteiger partial charge in [0.2, 0.25) is 0 Å². The number of benzene rings is 1. The van der Waals surface area contributed by atoms with E-state index >= 15 is 0 Å². The molecule has 86 valence electrons. The summed E-state index contributed by atoms with van der Waals surface area (Å²) in [6.07, 6.45) is 0.661. The third kappa shape index (κ3) is 3.56. The number of nitriles is 1. The third-order valence-electron chi connectivity index (χ3n) is 2.69. The molecule has 0 bridgehead atoms. The monoisotopic (exact) mass is 218 g/mol. The number of nitrogens with zero attached hydrogens (tertiary/aromatic N) is 1. The van der Waals surface area contributed by atoms with Crippen molar-refractivity contribution in [1.82, 2.24) is 5.32 Å². The highest BCUT2D eigenvalue weighted by molar-refractivity contribution is 5.26. The van der Waals surface area contributed by atoms with E-state index in [4.69, 9.17) is 10.00 Å². The van der Waals surface area contributed by atoms with Crippen molar-refractivity contribution in [3.63, 3.8) is 0 Å². The lowest BCUT2D eigenvalue weighted by Crippen LogP contribution is -2.39. The van der Waals surface area contributed by atoms with E-state index in [2.05, 4.69) is 11.4 Å². The SMILES string of the molecule is CNC(C)(C#N)CCOc1ccc(C)cc1. The molecule has 1 atom stereocenters. The van der Waals surface area contributed by atoms with Gasteiger partial charge in [-0.1, -0.05) is 17.7 Å². The fourth-order valence-corrected chi connectivity index (χ4v) is 1.24. The van der Waals surface area contributed by atoms with E-state index in [9.17, 15) is 0 Å². The molecule has 16 heavy (non-hydrogen) atoms. The number of nitrogens with one attached hydrogen (secondary N) is 1. The predicted octanol–water partition coefficient (Wildman–Crippen LogP) is 2.27. The van der Waals surface area contributed by atoms with Crippen LogP contribution in [0.4, 0.5) is 0 Å². The molecule has 3 nitrogen and oxygen atoms in total. The van der Waals surface area contributed by atoms with Gasteiger partial charge >= 0.3 is 0 Å². The van der Waals surface area contributed by atoms with Crippen molar-refractivity contribution in [1.29, 1.82) is 5.26 Å². The van der Waals surface area contributed by atoms with Crippen LogP contribution in [0.3, 0.4) is 0 Å². The Hall–Kier alpha value is -1.53. The van der Waals surface area contributed by atoms with Gasteiger partial charge < -0.3 is 10.1 Å². The van der Waals surface area contributed by atoms with Crippen molar-refractivity contribution < 1.29 is 4.74 Å². The van der Waals surface area contributed by atoms with Crippen LogP contribution in [0, 0.1) is 18.3 Å². The minimum absolute atomic E-state index is 0.509. The topological polar surface area (TPSA) is 45.0 Å². The molecule has 1 unspecified atom stereocenters. The minimum Gasteiger partial charge on any atom is -0.493 e. The highest BCUT2D eigenvalue weighted by atomic mass is 16.5. The quantitative estimate of drug-likeness (QED) is 0.824. The number of aryl methyl sites for hydroxylation is 1. The first-order valence-corrected chi connectivity index (χ1v) is 5.39. The Balaban J connectivity index is 2.42. The highest BCUT2D eigenvalue weighted by Crippen LogP contribution is 2.13. The van der Waals surface area contributed by atoms with Crippen molar-refractivity contribution in [2.75, 3.05) is 13.7 Å². The molecule has 3 heteroatoms. The fraction of sp³-hybridized carbons (Fsp3) is 0.462. The van der Waals surface area contributed by atoms with Crippen molar-refractivity contribution in [2.45, 2.75) is 25.8 Å². The number of hydrogen-bond donors (Lipinski definition) is 1. The van der Waals surface area contributed by atoms with Crippen LogP contribution in [0.15, 0.2) is 24.3 Å². The minimum atomic E-state index is -0.509. The van der Waals surface area contributed by atoms with Gasteiger partial charge in [0.05, 0.1) is 12.7 Å². The Bertz CT molecular complexity index is 367. The van der Waals surface area contributed by atoms with Crippen LogP contribution in [0.1, 0.15) is 18.9 Å². The Labute approximate surface area is 97.0 Å². The Kier molecular flexibility index (Phi) is 4.33. The second-order valence-corrected chi connectivity index (χ2v) is 4.11. The summed E-state index contributed by atoms with van der Waals surface area (Å²) in [6, 6.07) is 10.1. The van der Waals surface area contributed by atoms with Crippen LogP contribution in [-0.4, -0.2) is 19.2 Å². The van der Waals surface area contributed by atoms with Gasteiger partial charge in [0.25, 0.3) is 0 Å². The molecule has 0 aromatic heterocycles. The molecule has 1 aromatic carbocycles. The summed E-state index contributed by atoms with van der Waals surface area (Å²) in [5, 5.41) is 11.9. The summed E-state index contributed by atoms with van der Waals surface area (Å²) in [6.45, 7) is 4.44. The van der Waals surface area contributed by atoms with Crippen LogP contribution in [-0.2, 0) is 0 Å². The maximum atomic E-state index is 8.95. The lowest BCUT2D eigenvalue weighted by atomic mass is 10.0. The van der Waals surface area contributed by atoms with E-state index < -0.39 is 5.54 Å². The van der Waals surface area contributed by atoms with Gasteiger partial charge in [-0.25, -0.2) is 0 Å². The van der Waals surface area contributed by atoms with E-state index in [1.807, 2.05) is 38.1 Å². The predicted molar refractivity (Wildman–Crippen MR) is 64.4 cm³/mol. The standard InChI is InChI=1S/C13H18N2O/c1-11-4-6-12(7-5-11)16-9-8-13(2,10-14)15-3/h4-7,15H,8-9H2,1-3H3. The Morgan fingerprint density at radius 3 is 2.50 bits per heavy atom. The summed E-state index contributed by atoms with van der Waals surface area (Å²) in [4.78, 5) is 0. The first-order chi connectivity index (χ1) is 7.59. The lowest BCUT2D eigenvalue weighted by Gasteiger charge is -2.20. The molecule has 1 aromatic rings. The van der Waals surface area contributed by atoms with E-state index in [0.717, 1.165) is 5.75 Å². The van der Waals surface area contributed by atoms with Crippen LogP contribution < -0.4 is 10.1 Å². The first-order valence-electron chi connectivity index (χ1n) is 5.39. The van der Waals surface area contributed by atoms with Crippen molar-refractivity contribution in [3.05, 3.63) is 29.8 Å². The Morgan fingerprint density at radius 1 is 1.38 bits per heavy atom. The largest absolute Gasteiger partial charge is 0.493 e. The van der Waals surface area contributed by atoms with E-state index in [0.29, 0.717) is 13.0 Å². The van der Waals surface area contributed by atoms with Crippen molar-refractivity contribution >= 4 is 0 Å². The van der Waals surface area contributed by atoms with E-state index in [1.54, 1.807) is 7.05 Å². The summed E-state index contributed by atoms with van der Waals surface area (Å²) >= 11 is 0. The van der Waals surface area contributed by atoms with Crippen LogP contribution in [0.25, 0.3) is 0 Å².